The van der Waals surface area contributed by atoms with Crippen molar-refractivity contribution in [1.82, 2.24) is 5.32 Å². The van der Waals surface area contributed by atoms with Crippen molar-refractivity contribution < 1.29 is 21.8 Å². The van der Waals surface area contributed by atoms with Crippen LogP contribution in [0.15, 0.2) is 93.2 Å². The fraction of sp³-hybridized carbons (Fsp3) is 0.0435. The van der Waals surface area contributed by atoms with Crippen LogP contribution in [0.1, 0.15) is 10.4 Å². The van der Waals surface area contributed by atoms with Gasteiger partial charge in [0.2, 0.25) is 0 Å². The first kappa shape index (κ1) is 20.4. The maximum absolute atomic E-state index is 12.8. The fourth-order valence-corrected chi connectivity index (χ4v) is 3.99. The second-order valence-electron chi connectivity index (χ2n) is 6.64. The lowest BCUT2D eigenvalue weighted by atomic mass is 10.1. The van der Waals surface area contributed by atoms with E-state index >= 15 is 0 Å². The standard InChI is InChI=1S/C23H17NO6S/c1-24-23(26)16-7-10-18(11-8-16)31(27,28)30-17-9-12-19-21(13-17)29-14-20(22(19)25)15-5-3-2-4-6-15/h2-14H,1H3,(H,24,26). The summed E-state index contributed by atoms with van der Waals surface area (Å²) in [5.41, 5.74) is 1.42. The molecule has 1 heterocycles. The molecule has 7 nitrogen and oxygen atoms in total. The van der Waals surface area contributed by atoms with Crippen molar-refractivity contribution >= 4 is 27.0 Å². The van der Waals surface area contributed by atoms with Gasteiger partial charge in [-0.1, -0.05) is 30.3 Å². The molecular weight excluding hydrogens is 418 g/mol. The minimum Gasteiger partial charge on any atom is -0.463 e. The molecule has 0 aliphatic rings. The molecule has 0 aliphatic heterocycles. The number of carbonyl (C=O) groups excluding carboxylic acids is 1. The minimum atomic E-state index is -4.14. The third kappa shape index (κ3) is 4.06. The summed E-state index contributed by atoms with van der Waals surface area (Å²) in [5.74, 6) is -0.331. The Bertz CT molecular complexity index is 1420. The summed E-state index contributed by atoms with van der Waals surface area (Å²) in [5, 5.41) is 2.77. The molecule has 0 saturated carbocycles. The lowest BCUT2D eigenvalue weighted by Crippen LogP contribution is -2.18. The van der Waals surface area contributed by atoms with Gasteiger partial charge in [0.15, 0.2) is 5.43 Å². The van der Waals surface area contributed by atoms with Crippen LogP contribution in [0, 0.1) is 0 Å². The highest BCUT2D eigenvalue weighted by atomic mass is 32.2. The summed E-state index contributed by atoms with van der Waals surface area (Å²) in [4.78, 5) is 24.3. The van der Waals surface area contributed by atoms with Crippen LogP contribution < -0.4 is 14.9 Å². The van der Waals surface area contributed by atoms with Crippen LogP contribution in [-0.2, 0) is 10.1 Å². The number of hydrogen-bond donors (Lipinski definition) is 1. The SMILES string of the molecule is CNC(=O)c1ccc(S(=O)(=O)Oc2ccc3c(=O)c(-c4ccccc4)coc3c2)cc1. The molecule has 0 unspecified atom stereocenters. The molecule has 0 bridgehead atoms. The topological polar surface area (TPSA) is 103 Å². The van der Waals surface area contributed by atoms with Crippen LogP contribution in [0.4, 0.5) is 0 Å². The molecule has 1 amide bonds. The van der Waals surface area contributed by atoms with Gasteiger partial charge in [-0.3, -0.25) is 9.59 Å². The fourth-order valence-electron chi connectivity index (χ4n) is 3.07. The Hall–Kier alpha value is -3.91. The lowest BCUT2D eigenvalue weighted by Gasteiger charge is -2.09. The van der Waals surface area contributed by atoms with Gasteiger partial charge in [-0.05, 0) is 42.0 Å². The van der Waals surface area contributed by atoms with E-state index in [-0.39, 0.29) is 27.6 Å². The third-order valence-electron chi connectivity index (χ3n) is 4.67. The van der Waals surface area contributed by atoms with Crippen LogP contribution in [0.5, 0.6) is 5.75 Å². The molecule has 4 aromatic rings. The van der Waals surface area contributed by atoms with Gasteiger partial charge in [-0.15, -0.1) is 0 Å². The van der Waals surface area contributed by atoms with Crippen molar-refractivity contribution in [3.63, 3.8) is 0 Å². The molecule has 0 aliphatic carbocycles. The van der Waals surface area contributed by atoms with E-state index < -0.39 is 10.1 Å². The molecule has 8 heteroatoms. The van der Waals surface area contributed by atoms with E-state index in [1.807, 2.05) is 18.2 Å². The van der Waals surface area contributed by atoms with Gasteiger partial charge >= 0.3 is 10.1 Å². The van der Waals surface area contributed by atoms with Crippen LogP contribution in [0.2, 0.25) is 0 Å². The van der Waals surface area contributed by atoms with E-state index in [0.717, 1.165) is 5.56 Å². The van der Waals surface area contributed by atoms with Gasteiger partial charge in [0.25, 0.3) is 5.91 Å². The van der Waals surface area contributed by atoms with Crippen LogP contribution in [0.3, 0.4) is 0 Å². The Balaban J connectivity index is 1.64. The van der Waals surface area contributed by atoms with Gasteiger partial charge in [-0.25, -0.2) is 0 Å². The van der Waals surface area contributed by atoms with Gasteiger partial charge in [-0.2, -0.15) is 8.42 Å². The average molecular weight is 435 g/mol. The highest BCUT2D eigenvalue weighted by Gasteiger charge is 2.18. The predicted octanol–water partition coefficient (Wildman–Crippen LogP) is 3.59. The zero-order valence-corrected chi connectivity index (χ0v) is 17.2. The molecule has 3 aromatic carbocycles. The maximum atomic E-state index is 12.8. The second-order valence-corrected chi connectivity index (χ2v) is 8.19. The number of fused-ring (bicyclic) bond motifs is 1. The van der Waals surface area contributed by atoms with Crippen LogP contribution in [-0.4, -0.2) is 21.4 Å². The Morgan fingerprint density at radius 2 is 1.68 bits per heavy atom. The van der Waals surface area contributed by atoms with Gasteiger partial charge in [0.1, 0.15) is 22.5 Å². The quantitative estimate of drug-likeness (QED) is 0.481. The van der Waals surface area contributed by atoms with Crippen molar-refractivity contribution in [2.45, 2.75) is 4.90 Å². The van der Waals surface area contributed by atoms with Crippen molar-refractivity contribution in [2.24, 2.45) is 0 Å². The average Bonchev–Trinajstić information content (AvgIpc) is 2.79. The van der Waals surface area contributed by atoms with Gasteiger partial charge in [0.05, 0.1) is 10.9 Å². The Kier molecular flexibility index (Phi) is 5.31. The number of nitrogens with one attached hydrogen (secondary N) is 1. The molecule has 0 saturated heterocycles. The first-order valence-electron chi connectivity index (χ1n) is 9.27. The zero-order valence-electron chi connectivity index (χ0n) is 16.4. The second kappa shape index (κ2) is 8.08. The Morgan fingerprint density at radius 1 is 0.968 bits per heavy atom. The molecule has 4 rings (SSSR count). The maximum Gasteiger partial charge on any atom is 0.339 e. The van der Waals surface area contributed by atoms with Crippen molar-refractivity contribution in [3.8, 4) is 16.9 Å². The molecule has 156 valence electrons. The number of amides is 1. The van der Waals surface area contributed by atoms with Crippen LogP contribution >= 0.6 is 0 Å². The summed E-state index contributed by atoms with van der Waals surface area (Å²) >= 11 is 0. The van der Waals surface area contributed by atoms with E-state index in [4.69, 9.17) is 8.60 Å². The third-order valence-corrected chi connectivity index (χ3v) is 5.93. The Morgan fingerprint density at radius 3 is 2.35 bits per heavy atom. The predicted molar refractivity (Wildman–Crippen MR) is 116 cm³/mol. The zero-order chi connectivity index (χ0) is 22.0. The first-order valence-corrected chi connectivity index (χ1v) is 10.7. The molecule has 0 spiro atoms. The first-order chi connectivity index (χ1) is 14.9. The molecule has 0 radical (unpaired) electrons. The molecule has 0 fully saturated rings. The number of rotatable bonds is 5. The summed E-state index contributed by atoms with van der Waals surface area (Å²) < 4.78 is 35.9. The van der Waals surface area contributed by atoms with Crippen LogP contribution in [0.25, 0.3) is 22.1 Å². The van der Waals surface area contributed by atoms with E-state index in [0.29, 0.717) is 16.5 Å². The number of carbonyl (C=O) groups is 1. The van der Waals surface area contributed by atoms with E-state index in [1.54, 1.807) is 12.1 Å². The normalized spacial score (nSPS) is 11.3. The summed E-state index contributed by atoms with van der Waals surface area (Å²) in [7, 11) is -2.66. The number of hydrogen-bond acceptors (Lipinski definition) is 6. The van der Waals surface area contributed by atoms with E-state index in [2.05, 4.69) is 5.32 Å². The molecular formula is C23H17NO6S. The van der Waals surface area contributed by atoms with Crippen molar-refractivity contribution in [2.75, 3.05) is 7.05 Å². The Labute approximate surface area is 178 Å². The lowest BCUT2D eigenvalue weighted by molar-refractivity contribution is 0.0963. The van der Waals surface area contributed by atoms with E-state index in [9.17, 15) is 18.0 Å². The van der Waals surface area contributed by atoms with Crippen molar-refractivity contribution in [3.05, 3.63) is 94.8 Å². The monoisotopic (exact) mass is 435 g/mol. The smallest absolute Gasteiger partial charge is 0.339 e. The van der Waals surface area contributed by atoms with Crippen molar-refractivity contribution in [1.29, 1.82) is 0 Å². The highest BCUT2D eigenvalue weighted by Crippen LogP contribution is 2.25. The molecule has 31 heavy (non-hydrogen) atoms. The largest absolute Gasteiger partial charge is 0.463 e. The molecule has 1 N–H and O–H groups in total. The van der Waals surface area contributed by atoms with Gasteiger partial charge in [0, 0.05) is 18.7 Å². The minimum absolute atomic E-state index is 0.00140. The molecule has 0 atom stereocenters. The number of benzene rings is 3. The molecule has 1 aromatic heterocycles. The highest BCUT2D eigenvalue weighted by molar-refractivity contribution is 7.87. The summed E-state index contributed by atoms with van der Waals surface area (Å²) in [6.07, 6.45) is 1.34. The summed E-state index contributed by atoms with van der Waals surface area (Å²) in [6.45, 7) is 0. The summed E-state index contributed by atoms with van der Waals surface area (Å²) in [6, 6.07) is 18.7. The van der Waals surface area contributed by atoms with Gasteiger partial charge < -0.3 is 13.9 Å². The van der Waals surface area contributed by atoms with E-state index in [1.165, 1.54) is 55.8 Å².